The summed E-state index contributed by atoms with van der Waals surface area (Å²) < 4.78 is 0. The van der Waals surface area contributed by atoms with E-state index in [0.717, 1.165) is 6.42 Å². The van der Waals surface area contributed by atoms with Crippen LogP contribution in [0.15, 0.2) is 30.3 Å². The molecule has 0 spiro atoms. The average molecular weight is 386 g/mol. The first kappa shape index (κ1) is 23.6. The lowest BCUT2D eigenvalue weighted by molar-refractivity contribution is -0.165. The summed E-state index contributed by atoms with van der Waals surface area (Å²) in [5.74, 6) is -4.12. The zero-order chi connectivity index (χ0) is 20.5. The van der Waals surface area contributed by atoms with Crippen LogP contribution >= 0.6 is 12.2 Å². The molecule has 1 amide bonds. The summed E-state index contributed by atoms with van der Waals surface area (Å²) in [7, 11) is 0. The maximum absolute atomic E-state index is 11.1. The minimum absolute atomic E-state index is 0.504. The van der Waals surface area contributed by atoms with Gasteiger partial charge in [-0.25, -0.2) is 9.59 Å². The molecule has 0 heterocycles. The molecule has 0 bridgehead atoms. The zero-order valence-corrected chi connectivity index (χ0v) is 14.8. The Morgan fingerprint density at radius 3 is 1.85 bits per heavy atom. The maximum Gasteiger partial charge on any atom is 0.335 e. The van der Waals surface area contributed by atoms with Crippen LogP contribution in [0.25, 0.3) is 0 Å². The Morgan fingerprint density at radius 1 is 1.08 bits per heavy atom. The number of benzene rings is 1. The third-order valence-electron chi connectivity index (χ3n) is 3.38. The van der Waals surface area contributed by atoms with E-state index in [0.29, 0.717) is 11.3 Å². The first-order valence-corrected chi connectivity index (χ1v) is 7.79. The molecule has 0 saturated carbocycles. The number of primary amides is 1. The molecule has 0 aliphatic rings. The maximum atomic E-state index is 11.1. The first-order valence-electron chi connectivity index (χ1n) is 7.39. The standard InChI is InChI=1S/C12H16N2OS.C4H6O6/c1-12(14,11(13)15)10(16)8-7-9-5-3-2-4-6-9;5-1(3(7)8)2(6)4(9)10/h2-6H,7-8,14H2,1H3,(H2,13,15);1-2,5-6H,(H,7,8)(H,9,10). The number of aliphatic hydroxyl groups is 2. The van der Waals surface area contributed by atoms with E-state index >= 15 is 0 Å². The average Bonchev–Trinajstić information content (AvgIpc) is 2.59. The lowest BCUT2D eigenvalue weighted by atomic mass is 9.93. The Morgan fingerprint density at radius 2 is 1.50 bits per heavy atom. The minimum Gasteiger partial charge on any atom is -0.479 e. The molecular formula is C16H22N2O7S. The van der Waals surface area contributed by atoms with E-state index in [9.17, 15) is 14.4 Å². The normalized spacial score (nSPS) is 14.8. The monoisotopic (exact) mass is 386 g/mol. The van der Waals surface area contributed by atoms with Gasteiger partial charge in [-0.05, 0) is 25.3 Å². The first-order chi connectivity index (χ1) is 11.9. The van der Waals surface area contributed by atoms with Gasteiger partial charge in [0.15, 0.2) is 12.2 Å². The van der Waals surface area contributed by atoms with Crippen molar-refractivity contribution in [3.8, 4) is 0 Å². The van der Waals surface area contributed by atoms with E-state index in [4.69, 9.17) is 44.1 Å². The van der Waals surface area contributed by atoms with Crippen molar-refractivity contribution in [2.24, 2.45) is 11.5 Å². The molecule has 1 aromatic carbocycles. The molecule has 3 unspecified atom stereocenters. The van der Waals surface area contributed by atoms with Gasteiger partial charge in [-0.3, -0.25) is 4.79 Å². The van der Waals surface area contributed by atoms with Crippen molar-refractivity contribution >= 4 is 34.9 Å². The number of carboxylic acids is 2. The SMILES string of the molecule is CC(N)(C(N)=O)C(=S)CCc1ccccc1.O=C(O)C(O)C(O)C(=O)O. The lowest BCUT2D eigenvalue weighted by Gasteiger charge is -2.21. The van der Waals surface area contributed by atoms with Gasteiger partial charge in [-0.15, -0.1) is 0 Å². The van der Waals surface area contributed by atoms with Crippen LogP contribution in [0.2, 0.25) is 0 Å². The van der Waals surface area contributed by atoms with Gasteiger partial charge < -0.3 is 31.9 Å². The largest absolute Gasteiger partial charge is 0.479 e. The Hall–Kier alpha value is -2.40. The Labute approximate surface area is 155 Å². The molecule has 0 aromatic heterocycles. The number of rotatable bonds is 8. The van der Waals surface area contributed by atoms with E-state index < -0.39 is 35.6 Å². The molecule has 0 aliphatic heterocycles. The molecule has 26 heavy (non-hydrogen) atoms. The zero-order valence-electron chi connectivity index (χ0n) is 14.0. The van der Waals surface area contributed by atoms with Crippen LogP contribution in [-0.2, 0) is 20.8 Å². The molecule has 0 saturated heterocycles. The molecule has 10 heteroatoms. The van der Waals surface area contributed by atoms with E-state index in [-0.39, 0.29) is 0 Å². The van der Waals surface area contributed by atoms with Gasteiger partial charge in [0, 0.05) is 4.86 Å². The summed E-state index contributed by atoms with van der Waals surface area (Å²) in [6, 6.07) is 9.92. The van der Waals surface area contributed by atoms with Gasteiger partial charge in [0.1, 0.15) is 5.54 Å². The van der Waals surface area contributed by atoms with Crippen LogP contribution in [0.3, 0.4) is 0 Å². The molecule has 8 N–H and O–H groups in total. The van der Waals surface area contributed by atoms with Crippen LogP contribution in [-0.4, -0.2) is 60.9 Å². The fraction of sp³-hybridized carbons (Fsp3) is 0.375. The molecule has 0 aliphatic carbocycles. The predicted molar refractivity (Wildman–Crippen MR) is 96.4 cm³/mol. The van der Waals surface area contributed by atoms with E-state index in [1.54, 1.807) is 6.92 Å². The fourth-order valence-corrected chi connectivity index (χ4v) is 1.77. The van der Waals surface area contributed by atoms with Crippen molar-refractivity contribution in [1.29, 1.82) is 0 Å². The number of hydrogen-bond donors (Lipinski definition) is 6. The van der Waals surface area contributed by atoms with Gasteiger partial charge in [0.05, 0.1) is 0 Å². The van der Waals surface area contributed by atoms with Crippen LogP contribution in [0.4, 0.5) is 0 Å². The number of aryl methyl sites for hydroxylation is 1. The summed E-state index contributed by atoms with van der Waals surface area (Å²) in [6.45, 7) is 1.56. The van der Waals surface area contributed by atoms with Crippen LogP contribution in [0.5, 0.6) is 0 Å². The summed E-state index contributed by atoms with van der Waals surface area (Å²) >= 11 is 5.14. The van der Waals surface area contributed by atoms with E-state index in [1.165, 1.54) is 5.56 Å². The number of nitrogens with two attached hydrogens (primary N) is 2. The summed E-state index contributed by atoms with van der Waals surface area (Å²) in [5, 5.41) is 32.5. The number of aliphatic hydroxyl groups excluding tert-OH is 2. The Kier molecular flexibility index (Phi) is 9.58. The van der Waals surface area contributed by atoms with Crippen molar-refractivity contribution in [2.45, 2.75) is 37.5 Å². The Bertz CT molecular complexity index is 631. The number of hydrogen-bond acceptors (Lipinski definition) is 7. The third kappa shape index (κ3) is 7.66. The number of carbonyl (C=O) groups is 3. The lowest BCUT2D eigenvalue weighted by Crippen LogP contribution is -2.55. The van der Waals surface area contributed by atoms with Crippen LogP contribution in [0, 0.1) is 0 Å². The van der Waals surface area contributed by atoms with Crippen molar-refractivity contribution in [3.05, 3.63) is 35.9 Å². The molecule has 0 radical (unpaired) electrons. The molecule has 1 aromatic rings. The highest BCUT2D eigenvalue weighted by molar-refractivity contribution is 7.80. The predicted octanol–water partition coefficient (Wildman–Crippen LogP) is -0.931. The second kappa shape index (κ2) is 10.6. The number of thiocarbonyl (C=S) groups is 1. The highest BCUT2D eigenvalue weighted by Gasteiger charge is 2.30. The fourth-order valence-electron chi connectivity index (χ4n) is 1.57. The van der Waals surface area contributed by atoms with Gasteiger partial charge >= 0.3 is 11.9 Å². The highest BCUT2D eigenvalue weighted by Crippen LogP contribution is 2.10. The molecule has 3 atom stereocenters. The Balaban J connectivity index is 0.000000541. The van der Waals surface area contributed by atoms with Gasteiger partial charge in [-0.1, -0.05) is 42.5 Å². The summed E-state index contributed by atoms with van der Waals surface area (Å²) in [6.07, 6.45) is -3.16. The second-order valence-corrected chi connectivity index (χ2v) is 6.03. The number of amides is 1. The van der Waals surface area contributed by atoms with Crippen molar-refractivity contribution < 1.29 is 34.8 Å². The molecular weight excluding hydrogens is 364 g/mol. The molecule has 144 valence electrons. The number of carbonyl (C=O) groups excluding carboxylic acids is 1. The topological polar surface area (TPSA) is 184 Å². The highest BCUT2D eigenvalue weighted by atomic mass is 32.1. The van der Waals surface area contributed by atoms with Crippen LogP contribution < -0.4 is 11.5 Å². The van der Waals surface area contributed by atoms with Gasteiger partial charge in [0.2, 0.25) is 5.91 Å². The van der Waals surface area contributed by atoms with E-state index in [1.807, 2.05) is 30.3 Å². The summed E-state index contributed by atoms with van der Waals surface area (Å²) in [4.78, 5) is 31.1. The van der Waals surface area contributed by atoms with Gasteiger partial charge in [0.25, 0.3) is 0 Å². The minimum atomic E-state index is -2.27. The van der Waals surface area contributed by atoms with E-state index in [2.05, 4.69) is 0 Å². The molecule has 1 rings (SSSR count). The van der Waals surface area contributed by atoms with Crippen molar-refractivity contribution in [2.75, 3.05) is 0 Å². The van der Waals surface area contributed by atoms with Gasteiger partial charge in [-0.2, -0.15) is 0 Å². The quantitative estimate of drug-likeness (QED) is 0.307. The van der Waals surface area contributed by atoms with Crippen molar-refractivity contribution in [1.82, 2.24) is 0 Å². The third-order valence-corrected chi connectivity index (χ3v) is 4.01. The summed E-state index contributed by atoms with van der Waals surface area (Å²) in [5.41, 5.74) is 10.9. The molecule has 9 nitrogen and oxygen atoms in total. The number of carboxylic acid groups (broad SMARTS) is 2. The number of aliphatic carboxylic acids is 2. The van der Waals surface area contributed by atoms with Crippen LogP contribution in [0.1, 0.15) is 18.9 Å². The smallest absolute Gasteiger partial charge is 0.335 e. The van der Waals surface area contributed by atoms with Crippen molar-refractivity contribution in [3.63, 3.8) is 0 Å². The molecule has 0 fully saturated rings. The second-order valence-electron chi connectivity index (χ2n) is 5.54.